The zero-order chi connectivity index (χ0) is 32.6. The molecule has 0 saturated heterocycles. The Morgan fingerprint density at radius 2 is 1.50 bits per heavy atom. The van der Waals surface area contributed by atoms with Crippen LogP contribution in [0.3, 0.4) is 0 Å². The maximum atomic E-state index is 14.3. The molecule has 0 saturated carbocycles. The van der Waals surface area contributed by atoms with Crippen LogP contribution >= 0.6 is 23.2 Å². The molecule has 44 heavy (non-hydrogen) atoms. The molecule has 1 N–H and O–H groups in total. The number of rotatable bonds is 14. The van der Waals surface area contributed by atoms with Gasteiger partial charge in [0, 0.05) is 25.2 Å². The van der Waals surface area contributed by atoms with E-state index in [-0.39, 0.29) is 33.6 Å². The number of nitrogens with one attached hydrogen (secondary N) is 1. The number of sulfonamides is 1. The van der Waals surface area contributed by atoms with Crippen molar-refractivity contribution < 1.29 is 37.0 Å². The normalized spacial score (nSPS) is 11.7. The average Bonchev–Trinajstić information content (AvgIpc) is 3.02. The third-order valence-corrected chi connectivity index (χ3v) is 9.23. The van der Waals surface area contributed by atoms with Crippen molar-refractivity contribution in [3.05, 3.63) is 70.2 Å². The maximum absolute atomic E-state index is 14.3. The van der Waals surface area contributed by atoms with Crippen LogP contribution in [0.2, 0.25) is 10.0 Å². The SMILES string of the molecule is CCNC(=O)[C@@H](C)N(Cc1ccc(Cl)c(Cl)c1)C(=O)CN(c1cc(OC)ccc1OC)S(=O)(=O)c1ccc(OC)c(OC)c1. The number of benzene rings is 3. The summed E-state index contributed by atoms with van der Waals surface area (Å²) in [6, 6.07) is 12.5. The molecule has 0 spiro atoms. The number of ether oxygens (including phenoxy) is 4. The number of hydrogen-bond donors (Lipinski definition) is 1. The number of halogens is 2. The highest BCUT2D eigenvalue weighted by Crippen LogP contribution is 2.38. The molecule has 14 heteroatoms. The van der Waals surface area contributed by atoms with Crippen LogP contribution in [0.5, 0.6) is 23.0 Å². The first kappa shape index (κ1) is 34.6. The highest BCUT2D eigenvalue weighted by Gasteiger charge is 2.34. The van der Waals surface area contributed by atoms with Gasteiger partial charge in [-0.3, -0.25) is 13.9 Å². The molecule has 3 aromatic carbocycles. The summed E-state index contributed by atoms with van der Waals surface area (Å²) in [4.78, 5) is 28.2. The highest BCUT2D eigenvalue weighted by molar-refractivity contribution is 7.92. The third kappa shape index (κ3) is 7.79. The van der Waals surface area contributed by atoms with Gasteiger partial charge in [0.25, 0.3) is 10.0 Å². The summed E-state index contributed by atoms with van der Waals surface area (Å²) in [7, 11) is 1.15. The fourth-order valence-corrected chi connectivity index (χ4v) is 6.10. The summed E-state index contributed by atoms with van der Waals surface area (Å²) in [5, 5.41) is 3.30. The van der Waals surface area contributed by atoms with Gasteiger partial charge in [-0.25, -0.2) is 8.42 Å². The number of carbonyl (C=O) groups excluding carboxylic acids is 2. The molecule has 3 aromatic rings. The van der Waals surface area contributed by atoms with Crippen LogP contribution in [0, 0.1) is 0 Å². The van der Waals surface area contributed by atoms with E-state index in [0.29, 0.717) is 28.6 Å². The Morgan fingerprint density at radius 1 is 0.841 bits per heavy atom. The first-order valence-corrected chi connectivity index (χ1v) is 15.6. The molecule has 0 fully saturated rings. The minimum atomic E-state index is -4.46. The molecule has 1 atom stereocenters. The quantitative estimate of drug-likeness (QED) is 0.261. The lowest BCUT2D eigenvalue weighted by Crippen LogP contribution is -2.51. The summed E-state index contributed by atoms with van der Waals surface area (Å²) in [5.41, 5.74) is 0.618. The van der Waals surface area contributed by atoms with Gasteiger partial charge in [-0.2, -0.15) is 0 Å². The number of likely N-dealkylation sites (N-methyl/N-ethyl adjacent to an activating group) is 1. The van der Waals surface area contributed by atoms with Crippen LogP contribution in [0.4, 0.5) is 5.69 Å². The summed E-state index contributed by atoms with van der Waals surface area (Å²) in [6.07, 6.45) is 0. The molecule has 0 heterocycles. The zero-order valence-corrected chi connectivity index (χ0v) is 27.5. The van der Waals surface area contributed by atoms with Crippen LogP contribution < -0.4 is 28.6 Å². The number of anilines is 1. The first-order valence-electron chi connectivity index (χ1n) is 13.4. The predicted molar refractivity (Wildman–Crippen MR) is 169 cm³/mol. The topological polar surface area (TPSA) is 124 Å². The molecule has 0 bridgehead atoms. The molecule has 0 unspecified atom stereocenters. The largest absolute Gasteiger partial charge is 0.497 e. The molecule has 238 valence electrons. The highest BCUT2D eigenvalue weighted by atomic mass is 35.5. The van der Waals surface area contributed by atoms with Gasteiger partial charge in [-0.15, -0.1) is 0 Å². The van der Waals surface area contributed by atoms with E-state index in [1.54, 1.807) is 38.1 Å². The van der Waals surface area contributed by atoms with Crippen molar-refractivity contribution in [1.82, 2.24) is 10.2 Å². The van der Waals surface area contributed by atoms with Crippen LogP contribution in [0.15, 0.2) is 59.5 Å². The minimum absolute atomic E-state index is 0.0372. The Kier molecular flexibility index (Phi) is 12.0. The fraction of sp³-hybridized carbons (Fsp3) is 0.333. The maximum Gasteiger partial charge on any atom is 0.265 e. The van der Waals surface area contributed by atoms with E-state index in [9.17, 15) is 18.0 Å². The molecular formula is C30H35Cl2N3O8S. The van der Waals surface area contributed by atoms with Gasteiger partial charge in [0.05, 0.1) is 49.1 Å². The van der Waals surface area contributed by atoms with Crippen LogP contribution in [0.1, 0.15) is 19.4 Å². The monoisotopic (exact) mass is 667 g/mol. The van der Waals surface area contributed by atoms with E-state index < -0.39 is 34.4 Å². The number of amides is 2. The fourth-order valence-electron chi connectivity index (χ4n) is 4.35. The number of carbonyl (C=O) groups is 2. The molecule has 3 rings (SSSR count). The van der Waals surface area contributed by atoms with Crippen molar-refractivity contribution in [1.29, 1.82) is 0 Å². The van der Waals surface area contributed by atoms with E-state index >= 15 is 0 Å². The van der Waals surface area contributed by atoms with Crippen LogP contribution in [-0.2, 0) is 26.2 Å². The molecule has 0 aromatic heterocycles. The second-order valence-electron chi connectivity index (χ2n) is 9.41. The van der Waals surface area contributed by atoms with Gasteiger partial charge >= 0.3 is 0 Å². The zero-order valence-electron chi connectivity index (χ0n) is 25.2. The summed E-state index contributed by atoms with van der Waals surface area (Å²) >= 11 is 12.3. The molecular weight excluding hydrogens is 633 g/mol. The molecule has 0 aliphatic carbocycles. The Labute approximate surface area is 267 Å². The van der Waals surface area contributed by atoms with Gasteiger partial charge < -0.3 is 29.2 Å². The van der Waals surface area contributed by atoms with Gasteiger partial charge in [0.2, 0.25) is 11.8 Å². The van der Waals surface area contributed by atoms with E-state index in [1.807, 2.05) is 0 Å². The Bertz CT molecular complexity index is 1600. The molecule has 2 amide bonds. The lowest BCUT2D eigenvalue weighted by molar-refractivity contribution is -0.139. The second kappa shape index (κ2) is 15.2. The minimum Gasteiger partial charge on any atom is -0.497 e. The van der Waals surface area contributed by atoms with Crippen LogP contribution in [-0.4, -0.2) is 72.7 Å². The van der Waals surface area contributed by atoms with E-state index in [2.05, 4.69) is 5.32 Å². The number of methoxy groups -OCH3 is 4. The Hall–Kier alpha value is -3.87. The molecule has 0 radical (unpaired) electrons. The summed E-state index contributed by atoms with van der Waals surface area (Å²) in [6.45, 7) is 2.87. The number of nitrogens with zero attached hydrogens (tertiary/aromatic N) is 2. The smallest absolute Gasteiger partial charge is 0.265 e. The number of hydrogen-bond acceptors (Lipinski definition) is 8. The summed E-state index contributed by atoms with van der Waals surface area (Å²) < 4.78 is 51.0. The predicted octanol–water partition coefficient (Wildman–Crippen LogP) is 4.78. The van der Waals surface area contributed by atoms with E-state index in [1.165, 1.54) is 63.7 Å². The van der Waals surface area contributed by atoms with Crippen molar-refractivity contribution in [2.24, 2.45) is 0 Å². The van der Waals surface area contributed by atoms with Gasteiger partial charge in [-0.1, -0.05) is 29.3 Å². The molecule has 0 aliphatic rings. The lowest BCUT2D eigenvalue weighted by atomic mass is 10.1. The lowest BCUT2D eigenvalue weighted by Gasteiger charge is -2.32. The Morgan fingerprint density at radius 3 is 2.09 bits per heavy atom. The second-order valence-corrected chi connectivity index (χ2v) is 12.1. The van der Waals surface area contributed by atoms with E-state index in [4.69, 9.17) is 42.1 Å². The van der Waals surface area contributed by atoms with Gasteiger partial charge in [-0.05, 0) is 55.8 Å². The Balaban J connectivity index is 2.18. The van der Waals surface area contributed by atoms with Gasteiger partial charge in [0.15, 0.2) is 11.5 Å². The van der Waals surface area contributed by atoms with Crippen LogP contribution in [0.25, 0.3) is 0 Å². The third-order valence-electron chi connectivity index (χ3n) is 6.73. The average molecular weight is 669 g/mol. The van der Waals surface area contributed by atoms with Crippen molar-refractivity contribution in [3.8, 4) is 23.0 Å². The van der Waals surface area contributed by atoms with Crippen molar-refractivity contribution in [2.75, 3.05) is 45.8 Å². The molecule has 11 nitrogen and oxygen atoms in total. The molecule has 0 aliphatic heterocycles. The summed E-state index contributed by atoms with van der Waals surface area (Å²) in [5.74, 6) is -0.127. The van der Waals surface area contributed by atoms with Crippen molar-refractivity contribution >= 4 is 50.7 Å². The van der Waals surface area contributed by atoms with Crippen molar-refractivity contribution in [2.45, 2.75) is 31.3 Å². The first-order chi connectivity index (χ1) is 20.9. The standard InChI is InChI=1S/C30H35Cl2N3O8S/c1-7-33-30(37)19(2)34(17-20-8-11-23(31)24(32)14-20)29(36)18-35(25-15-21(40-3)9-12-26(25)41-4)44(38,39)22-10-13-27(42-5)28(16-22)43-6/h8-16,19H,7,17-18H2,1-6H3,(H,33,37)/t19-/m1/s1. The van der Waals surface area contributed by atoms with Crippen molar-refractivity contribution in [3.63, 3.8) is 0 Å². The van der Waals surface area contributed by atoms with Gasteiger partial charge in [0.1, 0.15) is 24.1 Å². The van der Waals surface area contributed by atoms with E-state index in [0.717, 1.165) is 4.31 Å².